The number of ether oxygens (including phenoxy) is 5. The first-order chi connectivity index (χ1) is 12.1. The Morgan fingerprint density at radius 1 is 1.16 bits per heavy atom. The van der Waals surface area contributed by atoms with Crippen LogP contribution in [0.5, 0.6) is 17.2 Å². The fourth-order valence-electron chi connectivity index (χ4n) is 1.97. The zero-order valence-corrected chi connectivity index (χ0v) is 14.1. The number of alkyl halides is 1. The molecule has 9 nitrogen and oxygen atoms in total. The summed E-state index contributed by atoms with van der Waals surface area (Å²) in [5.74, 6) is 0.495. The Hall–Kier alpha value is -2.17. The third-order valence-electron chi connectivity index (χ3n) is 3.05. The number of benzene rings is 1. The van der Waals surface area contributed by atoms with E-state index < -0.39 is 24.2 Å². The largest absolute Gasteiger partial charge is 0.484 e. The van der Waals surface area contributed by atoms with Crippen molar-refractivity contribution >= 4 is 0 Å². The summed E-state index contributed by atoms with van der Waals surface area (Å²) in [7, 11) is 2.84. The lowest BCUT2D eigenvalue weighted by molar-refractivity contribution is -0.525. The van der Waals surface area contributed by atoms with Crippen LogP contribution in [0.15, 0.2) is 12.1 Å². The SMILES string of the molecule is COCOc1cc(CC(CO)[N+](=O)[O-])cc(OCOC)c1OCCF. The summed E-state index contributed by atoms with van der Waals surface area (Å²) in [5.41, 5.74) is 0.473. The molecule has 1 N–H and O–H groups in total. The Morgan fingerprint density at radius 2 is 1.72 bits per heavy atom. The van der Waals surface area contributed by atoms with Crippen LogP contribution in [-0.4, -0.2) is 63.8 Å². The molecular weight excluding hydrogens is 341 g/mol. The van der Waals surface area contributed by atoms with Gasteiger partial charge in [-0.25, -0.2) is 4.39 Å². The van der Waals surface area contributed by atoms with Gasteiger partial charge in [0.15, 0.2) is 25.1 Å². The van der Waals surface area contributed by atoms with E-state index in [-0.39, 0.29) is 43.9 Å². The minimum atomic E-state index is -1.18. The van der Waals surface area contributed by atoms with E-state index in [0.717, 1.165) is 0 Å². The average Bonchev–Trinajstić information content (AvgIpc) is 2.61. The Bertz CT molecular complexity index is 513. The zero-order chi connectivity index (χ0) is 18.7. The molecule has 25 heavy (non-hydrogen) atoms. The molecule has 1 aromatic rings. The van der Waals surface area contributed by atoms with Gasteiger partial charge in [-0.05, 0) is 17.7 Å². The number of hydrogen-bond acceptors (Lipinski definition) is 8. The number of halogens is 1. The molecule has 0 amide bonds. The van der Waals surface area contributed by atoms with Crippen LogP contribution in [0.3, 0.4) is 0 Å². The normalized spacial score (nSPS) is 11.8. The van der Waals surface area contributed by atoms with Crippen molar-refractivity contribution in [3.8, 4) is 17.2 Å². The zero-order valence-electron chi connectivity index (χ0n) is 14.1. The smallest absolute Gasteiger partial charge is 0.239 e. The van der Waals surface area contributed by atoms with Crippen molar-refractivity contribution in [2.24, 2.45) is 0 Å². The summed E-state index contributed by atoms with van der Waals surface area (Å²) in [4.78, 5) is 10.4. The molecule has 0 fully saturated rings. The maximum absolute atomic E-state index is 12.5. The third kappa shape index (κ3) is 6.69. The number of rotatable bonds is 13. The standard InChI is InChI=1S/C15H22FNO8/c1-21-9-24-13-6-11(5-12(8-18)17(19)20)7-14(25-10-22-2)15(13)23-4-3-16/h6-7,12,18H,3-5,8-10H2,1-2H3. The van der Waals surface area contributed by atoms with Crippen LogP contribution in [0.4, 0.5) is 4.39 Å². The molecule has 0 aromatic heterocycles. The van der Waals surface area contributed by atoms with E-state index in [9.17, 15) is 14.5 Å². The second kappa shape index (κ2) is 11.4. The molecule has 142 valence electrons. The summed E-state index contributed by atoms with van der Waals surface area (Å²) in [5, 5.41) is 20.1. The predicted molar refractivity (Wildman–Crippen MR) is 84.5 cm³/mol. The van der Waals surface area contributed by atoms with Gasteiger partial charge >= 0.3 is 0 Å². The molecular formula is C15H22FNO8. The van der Waals surface area contributed by atoms with Crippen LogP contribution in [0.1, 0.15) is 5.56 Å². The number of aliphatic hydroxyl groups is 1. The minimum Gasteiger partial charge on any atom is -0.484 e. The van der Waals surface area contributed by atoms with Crippen molar-refractivity contribution in [2.75, 3.05) is 47.7 Å². The van der Waals surface area contributed by atoms with Gasteiger partial charge in [0.05, 0.1) is 0 Å². The molecule has 0 bridgehead atoms. The summed E-state index contributed by atoms with van der Waals surface area (Å²) < 4.78 is 38.3. The van der Waals surface area contributed by atoms with E-state index in [0.29, 0.717) is 5.56 Å². The van der Waals surface area contributed by atoms with Gasteiger partial charge in [-0.1, -0.05) is 0 Å². The summed E-state index contributed by atoms with van der Waals surface area (Å²) >= 11 is 0. The van der Waals surface area contributed by atoms with Gasteiger partial charge in [0.25, 0.3) is 0 Å². The Labute approximate surface area is 144 Å². The van der Waals surface area contributed by atoms with E-state index in [1.165, 1.54) is 26.4 Å². The molecule has 10 heteroatoms. The summed E-state index contributed by atoms with van der Waals surface area (Å²) in [6.45, 7) is -1.78. The predicted octanol–water partition coefficient (Wildman–Crippen LogP) is 1.18. The number of nitrogens with zero attached hydrogens (tertiary/aromatic N) is 1. The number of hydrogen-bond donors (Lipinski definition) is 1. The van der Waals surface area contributed by atoms with Crippen LogP contribution >= 0.6 is 0 Å². The Morgan fingerprint density at radius 3 is 2.12 bits per heavy atom. The summed E-state index contributed by atoms with van der Waals surface area (Å²) in [6, 6.07) is 1.82. The maximum Gasteiger partial charge on any atom is 0.239 e. The summed E-state index contributed by atoms with van der Waals surface area (Å²) in [6.07, 6.45) is -0.0560. The lowest BCUT2D eigenvalue weighted by atomic mass is 10.1. The molecule has 0 heterocycles. The molecule has 1 aromatic carbocycles. The van der Waals surface area contributed by atoms with Crippen molar-refractivity contribution in [3.63, 3.8) is 0 Å². The highest BCUT2D eigenvalue weighted by molar-refractivity contribution is 5.54. The van der Waals surface area contributed by atoms with E-state index in [1.807, 2.05) is 0 Å². The maximum atomic E-state index is 12.5. The van der Waals surface area contributed by atoms with Gasteiger partial charge in [0.2, 0.25) is 11.8 Å². The van der Waals surface area contributed by atoms with Crippen LogP contribution < -0.4 is 14.2 Å². The third-order valence-corrected chi connectivity index (χ3v) is 3.05. The average molecular weight is 363 g/mol. The molecule has 0 radical (unpaired) electrons. The van der Waals surface area contributed by atoms with Gasteiger partial charge in [-0.3, -0.25) is 10.1 Å². The fourth-order valence-corrected chi connectivity index (χ4v) is 1.97. The van der Waals surface area contributed by atoms with E-state index in [4.69, 9.17) is 28.8 Å². The highest BCUT2D eigenvalue weighted by Crippen LogP contribution is 2.39. The highest BCUT2D eigenvalue weighted by Gasteiger charge is 2.23. The van der Waals surface area contributed by atoms with Gasteiger partial charge in [0, 0.05) is 25.6 Å². The van der Waals surface area contributed by atoms with Crippen LogP contribution in [0, 0.1) is 10.1 Å². The molecule has 0 saturated carbocycles. The molecule has 1 atom stereocenters. The number of methoxy groups -OCH3 is 2. The molecule has 0 saturated heterocycles. The highest BCUT2D eigenvalue weighted by atomic mass is 19.1. The first-order valence-corrected chi connectivity index (χ1v) is 7.40. The lowest BCUT2D eigenvalue weighted by Gasteiger charge is -2.18. The van der Waals surface area contributed by atoms with Crippen molar-refractivity contribution in [2.45, 2.75) is 12.5 Å². The van der Waals surface area contributed by atoms with Gasteiger partial charge in [0.1, 0.15) is 19.9 Å². The van der Waals surface area contributed by atoms with Gasteiger partial charge in [-0.2, -0.15) is 0 Å². The van der Waals surface area contributed by atoms with Crippen LogP contribution in [-0.2, 0) is 15.9 Å². The van der Waals surface area contributed by atoms with Crippen LogP contribution in [0.25, 0.3) is 0 Å². The van der Waals surface area contributed by atoms with Gasteiger partial charge < -0.3 is 28.8 Å². The number of nitro groups is 1. The Balaban J connectivity index is 3.21. The second-order valence-electron chi connectivity index (χ2n) is 4.89. The van der Waals surface area contributed by atoms with Crippen molar-refractivity contribution in [1.82, 2.24) is 0 Å². The van der Waals surface area contributed by atoms with Gasteiger partial charge in [-0.15, -0.1) is 0 Å². The van der Waals surface area contributed by atoms with Crippen molar-refractivity contribution in [3.05, 3.63) is 27.8 Å². The first-order valence-electron chi connectivity index (χ1n) is 7.40. The molecule has 0 aliphatic heterocycles. The monoisotopic (exact) mass is 363 g/mol. The number of aliphatic hydroxyl groups excluding tert-OH is 1. The van der Waals surface area contributed by atoms with Crippen molar-refractivity contribution in [1.29, 1.82) is 0 Å². The van der Waals surface area contributed by atoms with E-state index in [2.05, 4.69) is 0 Å². The first kappa shape index (κ1) is 20.9. The molecule has 0 aliphatic carbocycles. The second-order valence-corrected chi connectivity index (χ2v) is 4.89. The van der Waals surface area contributed by atoms with Crippen LogP contribution in [0.2, 0.25) is 0 Å². The van der Waals surface area contributed by atoms with Crippen molar-refractivity contribution < 1.29 is 38.1 Å². The molecule has 1 unspecified atom stereocenters. The minimum absolute atomic E-state index is 0.0560. The molecule has 1 rings (SSSR count). The molecule has 0 spiro atoms. The lowest BCUT2D eigenvalue weighted by Crippen LogP contribution is -2.26. The van der Waals surface area contributed by atoms with E-state index >= 15 is 0 Å². The Kier molecular flexibility index (Phi) is 9.51. The quantitative estimate of drug-likeness (QED) is 0.316. The van der Waals surface area contributed by atoms with E-state index in [1.54, 1.807) is 0 Å². The molecule has 0 aliphatic rings. The topological polar surface area (TPSA) is 110 Å². The fraction of sp³-hybridized carbons (Fsp3) is 0.600.